The van der Waals surface area contributed by atoms with Crippen LogP contribution in [-0.4, -0.2) is 34.6 Å². The van der Waals surface area contributed by atoms with E-state index in [2.05, 4.69) is 15.6 Å². The van der Waals surface area contributed by atoms with Gasteiger partial charge >= 0.3 is 0 Å². The molecule has 0 aliphatic carbocycles. The number of hydrogen-bond acceptors (Lipinski definition) is 5. The largest absolute Gasteiger partial charge is 0.455 e. The third-order valence-corrected chi connectivity index (χ3v) is 4.72. The lowest BCUT2D eigenvalue weighted by atomic mass is 10.1. The summed E-state index contributed by atoms with van der Waals surface area (Å²) in [6.45, 7) is 1.86. The Labute approximate surface area is 133 Å². The summed E-state index contributed by atoms with van der Waals surface area (Å²) >= 11 is 1.58. The van der Waals surface area contributed by atoms with Gasteiger partial charge < -0.3 is 19.6 Å². The molecule has 1 aliphatic rings. The second-order valence-corrected chi connectivity index (χ2v) is 6.33. The van der Waals surface area contributed by atoms with Crippen molar-refractivity contribution in [3.63, 3.8) is 0 Å². The van der Waals surface area contributed by atoms with E-state index in [4.69, 9.17) is 4.42 Å². The number of amides is 1. The van der Waals surface area contributed by atoms with E-state index in [-0.39, 0.29) is 11.9 Å². The van der Waals surface area contributed by atoms with Crippen molar-refractivity contribution in [2.75, 3.05) is 13.1 Å². The number of aromatic nitrogens is 2. The monoisotopic (exact) mass is 320 g/mol. The Hall–Kier alpha value is -1.73. The molecular weight excluding hydrogens is 300 g/mol. The molecule has 1 fully saturated rings. The first-order chi connectivity index (χ1) is 10.7. The summed E-state index contributed by atoms with van der Waals surface area (Å²) in [5.41, 5.74) is 0. The fourth-order valence-corrected chi connectivity index (χ4v) is 3.26. The molecule has 22 heavy (non-hydrogen) atoms. The number of nitrogens with zero attached hydrogens (tertiary/aromatic N) is 2. The van der Waals surface area contributed by atoms with Gasteiger partial charge in [-0.1, -0.05) is 11.8 Å². The van der Waals surface area contributed by atoms with Crippen molar-refractivity contribution < 1.29 is 9.21 Å². The van der Waals surface area contributed by atoms with Gasteiger partial charge in [0.15, 0.2) is 10.9 Å². The Balaban J connectivity index is 1.53. The highest BCUT2D eigenvalue weighted by Crippen LogP contribution is 2.22. The quantitative estimate of drug-likeness (QED) is 0.822. The SMILES string of the molecule is Cn1ccnc1SCc1ccc(C(=O)NC2CCCNC2)o1. The van der Waals surface area contributed by atoms with Crippen molar-refractivity contribution in [3.05, 3.63) is 36.0 Å². The van der Waals surface area contributed by atoms with Gasteiger partial charge in [0.2, 0.25) is 0 Å². The molecule has 2 aromatic heterocycles. The molecule has 1 unspecified atom stereocenters. The molecule has 0 saturated carbocycles. The molecular formula is C15H20N4O2S. The van der Waals surface area contributed by atoms with Gasteiger partial charge in [-0.25, -0.2) is 4.98 Å². The average molecular weight is 320 g/mol. The number of imidazole rings is 1. The standard InChI is InChI=1S/C15H20N4O2S/c1-19-8-7-17-15(19)22-10-12-4-5-13(21-12)14(20)18-11-3-2-6-16-9-11/h4-5,7-8,11,16H,2-3,6,9-10H2,1H3,(H,18,20). The van der Waals surface area contributed by atoms with Crippen molar-refractivity contribution >= 4 is 17.7 Å². The number of carbonyl (C=O) groups excluding carboxylic acids is 1. The van der Waals surface area contributed by atoms with Crippen LogP contribution in [-0.2, 0) is 12.8 Å². The average Bonchev–Trinajstić information content (AvgIpc) is 3.15. The zero-order valence-electron chi connectivity index (χ0n) is 12.5. The normalized spacial score (nSPS) is 18.3. The molecule has 1 saturated heterocycles. The molecule has 118 valence electrons. The molecule has 2 aromatic rings. The molecule has 3 rings (SSSR count). The lowest BCUT2D eigenvalue weighted by Crippen LogP contribution is -2.45. The summed E-state index contributed by atoms with van der Waals surface area (Å²) in [7, 11) is 1.95. The third kappa shape index (κ3) is 3.72. The molecule has 3 heterocycles. The molecule has 0 radical (unpaired) electrons. The third-order valence-electron chi connectivity index (χ3n) is 3.64. The maximum Gasteiger partial charge on any atom is 0.287 e. The molecule has 2 N–H and O–H groups in total. The second-order valence-electron chi connectivity index (χ2n) is 5.39. The van der Waals surface area contributed by atoms with Crippen molar-refractivity contribution in [2.45, 2.75) is 29.8 Å². The van der Waals surface area contributed by atoms with Gasteiger partial charge in [-0.3, -0.25) is 4.79 Å². The lowest BCUT2D eigenvalue weighted by molar-refractivity contribution is 0.0901. The highest BCUT2D eigenvalue weighted by Gasteiger charge is 2.18. The van der Waals surface area contributed by atoms with Gasteiger partial charge in [0.05, 0.1) is 5.75 Å². The van der Waals surface area contributed by atoms with Gasteiger partial charge in [0.1, 0.15) is 5.76 Å². The van der Waals surface area contributed by atoms with Crippen LogP contribution in [0.25, 0.3) is 0 Å². The first-order valence-corrected chi connectivity index (χ1v) is 8.41. The van der Waals surface area contributed by atoms with Crippen LogP contribution >= 0.6 is 11.8 Å². The van der Waals surface area contributed by atoms with Crippen LogP contribution in [0, 0.1) is 0 Å². The Kier molecular flexibility index (Phi) is 4.84. The molecule has 6 nitrogen and oxygen atoms in total. The zero-order valence-corrected chi connectivity index (χ0v) is 13.4. The predicted octanol–water partition coefficient (Wildman–Crippen LogP) is 1.79. The van der Waals surface area contributed by atoms with E-state index in [1.165, 1.54) is 0 Å². The zero-order chi connectivity index (χ0) is 15.4. The highest BCUT2D eigenvalue weighted by atomic mass is 32.2. The molecule has 0 bridgehead atoms. The Morgan fingerprint density at radius 3 is 3.23 bits per heavy atom. The number of furan rings is 1. The van der Waals surface area contributed by atoms with Crippen LogP contribution in [0.4, 0.5) is 0 Å². The molecule has 0 spiro atoms. The van der Waals surface area contributed by atoms with Crippen molar-refractivity contribution in [1.82, 2.24) is 20.2 Å². The van der Waals surface area contributed by atoms with E-state index in [1.54, 1.807) is 24.0 Å². The van der Waals surface area contributed by atoms with E-state index in [9.17, 15) is 4.79 Å². The van der Waals surface area contributed by atoms with Gasteiger partial charge in [-0.15, -0.1) is 0 Å². The Bertz CT molecular complexity index is 631. The molecule has 1 atom stereocenters. The molecule has 7 heteroatoms. The number of thioether (sulfide) groups is 1. The molecule has 1 amide bonds. The van der Waals surface area contributed by atoms with Gasteiger partial charge in [-0.2, -0.15) is 0 Å². The van der Waals surface area contributed by atoms with E-state index < -0.39 is 0 Å². The number of hydrogen-bond donors (Lipinski definition) is 2. The maximum atomic E-state index is 12.2. The molecule has 1 aliphatic heterocycles. The predicted molar refractivity (Wildman–Crippen MR) is 84.8 cm³/mol. The number of carbonyl (C=O) groups is 1. The first kappa shape index (κ1) is 15.2. The summed E-state index contributed by atoms with van der Waals surface area (Å²) in [5, 5.41) is 7.22. The van der Waals surface area contributed by atoms with Crippen LogP contribution in [0.2, 0.25) is 0 Å². The maximum absolute atomic E-state index is 12.2. The smallest absolute Gasteiger partial charge is 0.287 e. The fourth-order valence-electron chi connectivity index (χ4n) is 2.44. The summed E-state index contributed by atoms with van der Waals surface area (Å²) < 4.78 is 7.59. The van der Waals surface area contributed by atoms with E-state index in [1.807, 2.05) is 23.9 Å². The van der Waals surface area contributed by atoms with Gasteiger partial charge in [0.25, 0.3) is 5.91 Å². The van der Waals surface area contributed by atoms with Crippen LogP contribution in [0.5, 0.6) is 0 Å². The summed E-state index contributed by atoms with van der Waals surface area (Å²) in [6, 6.07) is 3.78. The lowest BCUT2D eigenvalue weighted by Gasteiger charge is -2.23. The summed E-state index contributed by atoms with van der Waals surface area (Å²) in [5.74, 6) is 1.67. The Morgan fingerprint density at radius 1 is 1.59 bits per heavy atom. The second kappa shape index (κ2) is 7.02. The summed E-state index contributed by atoms with van der Waals surface area (Å²) in [6.07, 6.45) is 5.78. The summed E-state index contributed by atoms with van der Waals surface area (Å²) in [4.78, 5) is 16.4. The van der Waals surface area contributed by atoms with E-state index >= 15 is 0 Å². The van der Waals surface area contributed by atoms with Crippen LogP contribution in [0.15, 0.2) is 34.1 Å². The van der Waals surface area contributed by atoms with Crippen LogP contribution in [0.1, 0.15) is 29.2 Å². The number of rotatable bonds is 5. The number of nitrogens with one attached hydrogen (secondary N) is 2. The first-order valence-electron chi connectivity index (χ1n) is 7.43. The minimum Gasteiger partial charge on any atom is -0.455 e. The minimum atomic E-state index is -0.137. The van der Waals surface area contributed by atoms with Crippen molar-refractivity contribution in [2.24, 2.45) is 7.05 Å². The van der Waals surface area contributed by atoms with Crippen molar-refractivity contribution in [1.29, 1.82) is 0 Å². The van der Waals surface area contributed by atoms with Gasteiger partial charge in [-0.05, 0) is 31.5 Å². The highest BCUT2D eigenvalue weighted by molar-refractivity contribution is 7.98. The topological polar surface area (TPSA) is 72.1 Å². The number of aryl methyl sites for hydroxylation is 1. The number of piperidine rings is 1. The molecule has 0 aromatic carbocycles. The minimum absolute atomic E-state index is 0.137. The fraction of sp³-hybridized carbons (Fsp3) is 0.467. The van der Waals surface area contributed by atoms with Gasteiger partial charge in [0, 0.05) is 32.0 Å². The van der Waals surface area contributed by atoms with Crippen LogP contribution in [0.3, 0.4) is 0 Å². The van der Waals surface area contributed by atoms with Crippen molar-refractivity contribution in [3.8, 4) is 0 Å². The van der Waals surface area contributed by atoms with E-state index in [0.717, 1.165) is 36.8 Å². The Morgan fingerprint density at radius 2 is 2.50 bits per heavy atom. The van der Waals surface area contributed by atoms with Crippen LogP contribution < -0.4 is 10.6 Å². The van der Waals surface area contributed by atoms with E-state index in [0.29, 0.717) is 11.5 Å².